The van der Waals surface area contributed by atoms with E-state index in [9.17, 15) is 0 Å². The maximum absolute atomic E-state index is 4.71. The second-order valence-corrected chi connectivity index (χ2v) is 5.29. The summed E-state index contributed by atoms with van der Waals surface area (Å²) in [6.07, 6.45) is 0.835. The van der Waals surface area contributed by atoms with E-state index in [0.717, 1.165) is 41.4 Å². The highest BCUT2D eigenvalue weighted by Crippen LogP contribution is 2.27. The maximum Gasteiger partial charge on any atom is 0.133 e. The molecule has 0 unspecified atom stereocenters. The highest BCUT2D eigenvalue weighted by molar-refractivity contribution is 5.70. The molecule has 0 spiro atoms. The molecule has 0 saturated carbocycles. The molecule has 1 aromatic heterocycles. The van der Waals surface area contributed by atoms with Gasteiger partial charge >= 0.3 is 0 Å². The van der Waals surface area contributed by atoms with Crippen molar-refractivity contribution in [2.45, 2.75) is 27.2 Å². The van der Waals surface area contributed by atoms with Gasteiger partial charge in [0.05, 0.1) is 5.69 Å². The molecule has 0 amide bonds. The van der Waals surface area contributed by atoms with Crippen LogP contribution in [0.5, 0.6) is 0 Å². The fraction of sp³-hybridized carbons (Fsp3) is 0.412. The molecular weight excluding hydrogens is 260 g/mol. The molecule has 0 aliphatic carbocycles. The van der Waals surface area contributed by atoms with E-state index in [1.54, 1.807) is 0 Å². The van der Waals surface area contributed by atoms with Crippen molar-refractivity contribution >= 4 is 11.5 Å². The Morgan fingerprint density at radius 3 is 2.24 bits per heavy atom. The minimum absolute atomic E-state index is 0.835. The van der Waals surface area contributed by atoms with Crippen LogP contribution in [0.4, 0.5) is 11.5 Å². The normalized spacial score (nSPS) is 10.5. The molecule has 112 valence electrons. The van der Waals surface area contributed by atoms with Gasteiger partial charge in [-0.2, -0.15) is 0 Å². The van der Waals surface area contributed by atoms with Crippen molar-refractivity contribution in [3.63, 3.8) is 0 Å². The van der Waals surface area contributed by atoms with Crippen LogP contribution in [0.3, 0.4) is 0 Å². The molecule has 0 atom stereocenters. The number of hydrogen-bond acceptors (Lipinski definition) is 4. The quantitative estimate of drug-likeness (QED) is 0.912. The number of hydrogen-bond donors (Lipinski definition) is 1. The van der Waals surface area contributed by atoms with Gasteiger partial charge in [-0.3, -0.25) is 0 Å². The van der Waals surface area contributed by atoms with Crippen LogP contribution in [0.2, 0.25) is 0 Å². The Labute approximate surface area is 127 Å². The Morgan fingerprint density at radius 2 is 1.71 bits per heavy atom. The first-order chi connectivity index (χ1) is 10.1. The van der Waals surface area contributed by atoms with E-state index < -0.39 is 0 Å². The van der Waals surface area contributed by atoms with E-state index in [1.165, 1.54) is 5.69 Å². The molecule has 1 aromatic carbocycles. The van der Waals surface area contributed by atoms with Gasteiger partial charge in [-0.1, -0.05) is 19.1 Å². The smallest absolute Gasteiger partial charge is 0.133 e. The number of benzene rings is 1. The third-order valence-electron chi connectivity index (χ3n) is 3.51. The molecule has 0 saturated heterocycles. The Balaban J connectivity index is 2.48. The summed E-state index contributed by atoms with van der Waals surface area (Å²) in [5.74, 6) is 1.82. The minimum atomic E-state index is 0.835. The number of nitrogens with one attached hydrogen (secondary N) is 1. The third-order valence-corrected chi connectivity index (χ3v) is 3.51. The van der Waals surface area contributed by atoms with E-state index in [2.05, 4.69) is 60.2 Å². The summed E-state index contributed by atoms with van der Waals surface area (Å²) in [7, 11) is 4.09. The van der Waals surface area contributed by atoms with E-state index >= 15 is 0 Å². The van der Waals surface area contributed by atoms with Crippen LogP contribution in [-0.2, 0) is 6.42 Å². The molecule has 0 radical (unpaired) electrons. The Morgan fingerprint density at radius 1 is 1.05 bits per heavy atom. The fourth-order valence-electron chi connectivity index (χ4n) is 2.26. The summed E-state index contributed by atoms with van der Waals surface area (Å²) in [5.41, 5.74) is 4.44. The first-order valence-corrected chi connectivity index (χ1v) is 7.46. The molecule has 1 heterocycles. The lowest BCUT2D eigenvalue weighted by molar-refractivity contribution is 0.930. The third kappa shape index (κ3) is 3.32. The zero-order valence-corrected chi connectivity index (χ0v) is 13.6. The van der Waals surface area contributed by atoms with Crippen molar-refractivity contribution in [3.05, 3.63) is 35.7 Å². The minimum Gasteiger partial charge on any atom is -0.378 e. The van der Waals surface area contributed by atoms with Crippen molar-refractivity contribution in [2.24, 2.45) is 0 Å². The lowest BCUT2D eigenvalue weighted by atomic mass is 10.1. The Kier molecular flexibility index (Phi) is 4.78. The van der Waals surface area contributed by atoms with Gasteiger partial charge in [-0.05, 0) is 26.0 Å². The number of nitrogens with zero attached hydrogens (tertiary/aromatic N) is 3. The number of anilines is 2. The lowest BCUT2D eigenvalue weighted by Crippen LogP contribution is -2.09. The summed E-state index contributed by atoms with van der Waals surface area (Å²) < 4.78 is 0. The average molecular weight is 284 g/mol. The topological polar surface area (TPSA) is 41.1 Å². The summed E-state index contributed by atoms with van der Waals surface area (Å²) in [5, 5.41) is 3.33. The zero-order chi connectivity index (χ0) is 15.4. The first-order valence-electron chi connectivity index (χ1n) is 7.46. The molecule has 21 heavy (non-hydrogen) atoms. The van der Waals surface area contributed by atoms with Gasteiger partial charge in [0.25, 0.3) is 0 Å². The average Bonchev–Trinajstić information content (AvgIpc) is 2.49. The molecule has 0 bridgehead atoms. The molecule has 2 aromatic rings. The summed E-state index contributed by atoms with van der Waals surface area (Å²) >= 11 is 0. The van der Waals surface area contributed by atoms with Crippen LogP contribution in [0.15, 0.2) is 24.3 Å². The van der Waals surface area contributed by atoms with Gasteiger partial charge < -0.3 is 10.2 Å². The highest BCUT2D eigenvalue weighted by Gasteiger charge is 2.11. The molecule has 0 aliphatic heterocycles. The van der Waals surface area contributed by atoms with E-state index in [1.807, 2.05) is 14.1 Å². The molecular formula is C17H24N4. The van der Waals surface area contributed by atoms with Crippen LogP contribution in [0.25, 0.3) is 11.3 Å². The van der Waals surface area contributed by atoms with Gasteiger partial charge in [0, 0.05) is 43.9 Å². The van der Waals surface area contributed by atoms with E-state index in [4.69, 9.17) is 4.98 Å². The summed E-state index contributed by atoms with van der Waals surface area (Å²) in [6.45, 7) is 7.10. The van der Waals surface area contributed by atoms with Crippen LogP contribution < -0.4 is 10.2 Å². The lowest BCUT2D eigenvalue weighted by Gasteiger charge is -2.15. The van der Waals surface area contributed by atoms with Gasteiger partial charge in [0.15, 0.2) is 0 Å². The monoisotopic (exact) mass is 284 g/mol. The van der Waals surface area contributed by atoms with Gasteiger partial charge in [-0.25, -0.2) is 9.97 Å². The van der Waals surface area contributed by atoms with Crippen molar-refractivity contribution < 1.29 is 0 Å². The van der Waals surface area contributed by atoms with E-state index in [0.29, 0.717) is 0 Å². The molecule has 4 nitrogen and oxygen atoms in total. The highest BCUT2D eigenvalue weighted by atomic mass is 15.1. The molecule has 4 heteroatoms. The predicted octanol–water partition coefficient (Wildman–Crippen LogP) is 3.51. The van der Waals surface area contributed by atoms with Gasteiger partial charge in [-0.15, -0.1) is 0 Å². The standard InChI is InChI=1S/C17H24N4/c1-6-15-19-16(12(3)17(20-15)18-7-2)13-8-10-14(11-9-13)21(4)5/h8-11H,6-7H2,1-5H3,(H,18,19,20). The number of rotatable bonds is 5. The second-order valence-electron chi connectivity index (χ2n) is 5.29. The van der Waals surface area contributed by atoms with Crippen molar-refractivity contribution in [2.75, 3.05) is 30.9 Å². The molecule has 1 N–H and O–H groups in total. The van der Waals surface area contributed by atoms with Crippen LogP contribution in [0, 0.1) is 6.92 Å². The van der Waals surface area contributed by atoms with E-state index in [-0.39, 0.29) is 0 Å². The van der Waals surface area contributed by atoms with Gasteiger partial charge in [0.1, 0.15) is 11.6 Å². The SMILES string of the molecule is CCNc1nc(CC)nc(-c2ccc(N(C)C)cc2)c1C. The number of aromatic nitrogens is 2. The second kappa shape index (κ2) is 6.57. The summed E-state index contributed by atoms with van der Waals surface area (Å²) in [6, 6.07) is 8.49. The largest absolute Gasteiger partial charge is 0.378 e. The van der Waals surface area contributed by atoms with Crippen molar-refractivity contribution in [1.82, 2.24) is 9.97 Å². The Bertz CT molecular complexity index is 603. The maximum atomic E-state index is 4.71. The van der Waals surface area contributed by atoms with Crippen molar-refractivity contribution in [1.29, 1.82) is 0 Å². The van der Waals surface area contributed by atoms with Crippen molar-refractivity contribution in [3.8, 4) is 11.3 Å². The summed E-state index contributed by atoms with van der Waals surface area (Å²) in [4.78, 5) is 11.4. The fourth-order valence-corrected chi connectivity index (χ4v) is 2.26. The molecule has 0 aliphatic rings. The first kappa shape index (κ1) is 15.3. The molecule has 2 rings (SSSR count). The number of aryl methyl sites for hydroxylation is 1. The molecule has 0 fully saturated rings. The van der Waals surface area contributed by atoms with Crippen LogP contribution in [0.1, 0.15) is 25.2 Å². The Hall–Kier alpha value is -2.10. The van der Waals surface area contributed by atoms with Crippen LogP contribution in [-0.4, -0.2) is 30.6 Å². The van der Waals surface area contributed by atoms with Crippen LogP contribution >= 0.6 is 0 Å². The predicted molar refractivity (Wildman–Crippen MR) is 90.1 cm³/mol. The zero-order valence-electron chi connectivity index (χ0n) is 13.6. The van der Waals surface area contributed by atoms with Gasteiger partial charge in [0.2, 0.25) is 0 Å².